The van der Waals surface area contributed by atoms with Gasteiger partial charge in [0.1, 0.15) is 33.5 Å². The fourth-order valence-electron chi connectivity index (χ4n) is 8.66. The third-order valence-corrected chi connectivity index (χ3v) is 11.1. The molecule has 4 nitrogen and oxygen atoms in total. The summed E-state index contributed by atoms with van der Waals surface area (Å²) in [6, 6.07) is 61.8. The maximum atomic E-state index is 6.69. The van der Waals surface area contributed by atoms with Crippen LogP contribution in [0.4, 0.5) is 17.1 Å². The molecule has 0 N–H and O–H groups in total. The van der Waals surface area contributed by atoms with E-state index in [0.717, 1.165) is 110 Å². The van der Waals surface area contributed by atoms with E-state index in [1.54, 1.807) is 0 Å². The first kappa shape index (κ1) is 29.3. The fraction of sp³-hybridized carbons (Fsp3) is 0. The van der Waals surface area contributed by atoms with E-state index >= 15 is 0 Å². The molecule has 0 saturated carbocycles. The Morgan fingerprint density at radius 3 is 1.48 bits per heavy atom. The van der Waals surface area contributed by atoms with Gasteiger partial charge < -0.3 is 18.2 Å². The largest absolute Gasteiger partial charge is 0.456 e. The molecule has 0 aliphatic rings. The summed E-state index contributed by atoms with van der Waals surface area (Å²) in [5.41, 5.74) is 10.6. The van der Waals surface area contributed by atoms with E-state index in [-0.39, 0.29) is 0 Å². The molecule has 12 rings (SSSR count). The molecule has 0 saturated heterocycles. The molecular weight excluding hydrogens is 663 g/mol. The normalized spacial score (nSPS) is 12.1. The van der Waals surface area contributed by atoms with E-state index in [2.05, 4.69) is 169 Å². The van der Waals surface area contributed by atoms with Gasteiger partial charge in [-0.1, -0.05) is 115 Å². The number of rotatable bonds is 4. The van der Waals surface area contributed by atoms with E-state index in [4.69, 9.17) is 13.3 Å². The topological polar surface area (TPSA) is 42.7 Å². The molecule has 0 amide bonds. The van der Waals surface area contributed by atoms with Crippen molar-refractivity contribution in [3.05, 3.63) is 176 Å². The van der Waals surface area contributed by atoms with Gasteiger partial charge in [-0.2, -0.15) is 0 Å². The third kappa shape index (κ3) is 4.13. The molecule has 0 aliphatic carbocycles. The Bertz CT molecular complexity index is 3450. The molecule has 12 aromatic rings. The van der Waals surface area contributed by atoms with Crippen LogP contribution in [0.2, 0.25) is 0 Å². The summed E-state index contributed by atoms with van der Waals surface area (Å²) in [6.45, 7) is 0. The number of fused-ring (bicyclic) bond motifs is 13. The molecule has 0 aliphatic heterocycles. The Hall–Kier alpha value is -7.30. The van der Waals surface area contributed by atoms with Crippen LogP contribution in [0.1, 0.15) is 0 Å². The molecule has 4 heteroatoms. The van der Waals surface area contributed by atoms with Crippen molar-refractivity contribution in [2.75, 3.05) is 4.90 Å². The van der Waals surface area contributed by atoms with Crippen LogP contribution in [-0.2, 0) is 0 Å². The zero-order valence-corrected chi connectivity index (χ0v) is 28.9. The van der Waals surface area contributed by atoms with Gasteiger partial charge in [0, 0.05) is 38.0 Å². The first-order valence-corrected chi connectivity index (χ1v) is 18.3. The lowest BCUT2D eigenvalue weighted by molar-refractivity contribution is 0.669. The minimum absolute atomic E-state index is 0.843. The summed E-state index contributed by atoms with van der Waals surface area (Å²) in [7, 11) is 0. The molecule has 54 heavy (non-hydrogen) atoms. The predicted molar refractivity (Wildman–Crippen MR) is 223 cm³/mol. The van der Waals surface area contributed by atoms with Crippen LogP contribution in [0.25, 0.3) is 98.5 Å². The van der Waals surface area contributed by atoms with E-state index in [1.807, 2.05) is 12.1 Å². The quantitative estimate of drug-likeness (QED) is 0.184. The summed E-state index contributed by atoms with van der Waals surface area (Å²) in [5.74, 6) is 0. The Morgan fingerprint density at radius 1 is 0.315 bits per heavy atom. The minimum Gasteiger partial charge on any atom is -0.456 e. The van der Waals surface area contributed by atoms with Gasteiger partial charge in [-0.15, -0.1) is 0 Å². The van der Waals surface area contributed by atoms with Crippen molar-refractivity contribution in [2.24, 2.45) is 0 Å². The molecule has 0 bridgehead atoms. The van der Waals surface area contributed by atoms with Crippen molar-refractivity contribution in [1.29, 1.82) is 0 Å². The molecule has 0 unspecified atom stereocenters. The number of furan rings is 3. The number of hydrogen-bond donors (Lipinski definition) is 0. The van der Waals surface area contributed by atoms with Crippen LogP contribution in [0, 0.1) is 0 Å². The minimum atomic E-state index is 0.843. The molecule has 0 atom stereocenters. The molecule has 252 valence electrons. The van der Waals surface area contributed by atoms with Crippen LogP contribution >= 0.6 is 0 Å². The lowest BCUT2D eigenvalue weighted by Gasteiger charge is -2.27. The van der Waals surface area contributed by atoms with Crippen LogP contribution in [0.5, 0.6) is 0 Å². The lowest BCUT2D eigenvalue weighted by Crippen LogP contribution is -2.10. The summed E-state index contributed by atoms with van der Waals surface area (Å²) in [6.07, 6.45) is 0. The van der Waals surface area contributed by atoms with Crippen molar-refractivity contribution < 1.29 is 13.3 Å². The van der Waals surface area contributed by atoms with Crippen molar-refractivity contribution >= 4 is 104 Å². The van der Waals surface area contributed by atoms with Gasteiger partial charge in [0.2, 0.25) is 0 Å². The van der Waals surface area contributed by atoms with Crippen molar-refractivity contribution in [2.45, 2.75) is 0 Å². The highest BCUT2D eigenvalue weighted by Crippen LogP contribution is 2.48. The zero-order valence-electron chi connectivity index (χ0n) is 28.9. The second-order valence-electron chi connectivity index (χ2n) is 14.0. The first-order chi connectivity index (χ1) is 26.8. The number of nitrogens with zero attached hydrogens (tertiary/aromatic N) is 1. The Kier molecular flexibility index (Phi) is 6.02. The van der Waals surface area contributed by atoms with E-state index in [0.29, 0.717) is 0 Å². The molecule has 3 aromatic heterocycles. The first-order valence-electron chi connectivity index (χ1n) is 18.3. The number of para-hydroxylation sites is 1. The molecule has 0 fully saturated rings. The molecule has 0 spiro atoms. The van der Waals surface area contributed by atoms with E-state index in [1.165, 1.54) is 5.39 Å². The summed E-state index contributed by atoms with van der Waals surface area (Å²) in [4.78, 5) is 2.36. The maximum absolute atomic E-state index is 6.69. The standard InChI is InChI=1S/C50H29NO3/c1-3-12-35-30(10-1)24-28-38-46-34(15-7-19-43(46)53-49(35)38)32-22-26-33(27-23-32)51(40-16-8-20-44-47(40)37-14-5-6-18-42(37)52-44)41-17-9-21-45-48(41)39-29-25-31-11-2-4-13-36(31)50(39)54-45/h1-29H. The highest BCUT2D eigenvalue weighted by Gasteiger charge is 2.24. The Balaban J connectivity index is 1.10. The Labute approximate surface area is 308 Å². The van der Waals surface area contributed by atoms with Gasteiger partial charge in [0.15, 0.2) is 0 Å². The summed E-state index contributed by atoms with van der Waals surface area (Å²) < 4.78 is 19.7. The van der Waals surface area contributed by atoms with Gasteiger partial charge in [0.05, 0.1) is 22.1 Å². The second-order valence-corrected chi connectivity index (χ2v) is 14.0. The maximum Gasteiger partial charge on any atom is 0.143 e. The van der Waals surface area contributed by atoms with Crippen LogP contribution in [0.3, 0.4) is 0 Å². The highest BCUT2D eigenvalue weighted by atomic mass is 16.3. The van der Waals surface area contributed by atoms with Gasteiger partial charge >= 0.3 is 0 Å². The SMILES string of the molecule is c1ccc2c(c1)ccc1c2oc2cccc(-c3ccc(N(c4cccc5oc6ccccc6c45)c4cccc5oc6c7ccccc7ccc6c45)cc3)c21. The van der Waals surface area contributed by atoms with Gasteiger partial charge in [-0.3, -0.25) is 0 Å². The Morgan fingerprint density at radius 2 is 0.815 bits per heavy atom. The monoisotopic (exact) mass is 691 g/mol. The van der Waals surface area contributed by atoms with Crippen molar-refractivity contribution in [3.8, 4) is 11.1 Å². The van der Waals surface area contributed by atoms with Crippen LogP contribution in [0.15, 0.2) is 189 Å². The van der Waals surface area contributed by atoms with Gasteiger partial charge in [-0.05, 0) is 82.6 Å². The predicted octanol–water partition coefficient (Wildman–Crippen LogP) is 14.8. The number of hydrogen-bond acceptors (Lipinski definition) is 4. The highest BCUT2D eigenvalue weighted by molar-refractivity contribution is 6.22. The smallest absolute Gasteiger partial charge is 0.143 e. The third-order valence-electron chi connectivity index (χ3n) is 11.1. The van der Waals surface area contributed by atoms with E-state index < -0.39 is 0 Å². The van der Waals surface area contributed by atoms with Crippen LogP contribution in [-0.4, -0.2) is 0 Å². The van der Waals surface area contributed by atoms with Crippen LogP contribution < -0.4 is 4.90 Å². The second kappa shape index (κ2) is 11.1. The van der Waals surface area contributed by atoms with E-state index in [9.17, 15) is 0 Å². The number of benzene rings is 9. The van der Waals surface area contributed by atoms with Gasteiger partial charge in [0.25, 0.3) is 0 Å². The lowest BCUT2D eigenvalue weighted by atomic mass is 9.97. The molecular formula is C50H29NO3. The fourth-order valence-corrected chi connectivity index (χ4v) is 8.66. The van der Waals surface area contributed by atoms with Crippen molar-refractivity contribution in [1.82, 2.24) is 0 Å². The number of anilines is 3. The molecule has 9 aromatic carbocycles. The average molecular weight is 692 g/mol. The average Bonchev–Trinajstić information content (AvgIpc) is 3.93. The van der Waals surface area contributed by atoms with Gasteiger partial charge in [-0.25, -0.2) is 0 Å². The summed E-state index contributed by atoms with van der Waals surface area (Å²) >= 11 is 0. The molecule has 3 heterocycles. The van der Waals surface area contributed by atoms with Crippen molar-refractivity contribution in [3.63, 3.8) is 0 Å². The zero-order chi connectivity index (χ0) is 35.3. The molecule has 0 radical (unpaired) electrons. The summed E-state index contributed by atoms with van der Waals surface area (Å²) in [5, 5.41) is 11.1.